The van der Waals surface area contributed by atoms with Crippen LogP contribution in [0.2, 0.25) is 0 Å². The average molecular weight is 348 g/mol. The number of hydrogen-bond acceptors (Lipinski definition) is 5. The van der Waals surface area contributed by atoms with Gasteiger partial charge in [0.1, 0.15) is 6.04 Å². The quantitative estimate of drug-likeness (QED) is 0.766. The van der Waals surface area contributed by atoms with Crippen LogP contribution < -0.4 is 5.32 Å². The molecule has 1 N–H and O–H groups in total. The Balaban J connectivity index is 1.39. The second-order valence-corrected chi connectivity index (χ2v) is 6.52. The van der Waals surface area contributed by atoms with Gasteiger partial charge in [-0.3, -0.25) is 4.79 Å². The summed E-state index contributed by atoms with van der Waals surface area (Å²) in [7, 11) is 0. The van der Waals surface area contributed by atoms with Gasteiger partial charge in [-0.05, 0) is 36.2 Å². The molecule has 26 heavy (non-hydrogen) atoms. The highest BCUT2D eigenvalue weighted by molar-refractivity contribution is 5.86. The first kappa shape index (κ1) is 16.3. The molecule has 1 aliphatic rings. The Morgan fingerprint density at radius 2 is 1.92 bits per heavy atom. The molecular formula is C20H20N4O2. The highest BCUT2D eigenvalue weighted by Crippen LogP contribution is 2.21. The van der Waals surface area contributed by atoms with Crippen LogP contribution in [0.3, 0.4) is 0 Å². The lowest BCUT2D eigenvalue weighted by Crippen LogP contribution is -2.33. The molecule has 2 aromatic carbocycles. The van der Waals surface area contributed by atoms with Crippen molar-refractivity contribution in [1.82, 2.24) is 15.0 Å². The van der Waals surface area contributed by atoms with Gasteiger partial charge < -0.3 is 14.7 Å². The number of amides is 1. The summed E-state index contributed by atoms with van der Waals surface area (Å²) in [6.45, 7) is 3.39. The second-order valence-electron chi connectivity index (χ2n) is 6.52. The summed E-state index contributed by atoms with van der Waals surface area (Å²) < 4.78 is 5.28. The van der Waals surface area contributed by atoms with Gasteiger partial charge in [-0.2, -0.15) is 4.98 Å². The number of carbonyl (C=O) groups excluding carboxylic acids is 1. The van der Waals surface area contributed by atoms with Crippen LogP contribution >= 0.6 is 0 Å². The molecule has 0 saturated carbocycles. The number of hydrogen-bond donors (Lipinski definition) is 1. The number of carbonyl (C=O) groups is 1. The average Bonchev–Trinajstić information content (AvgIpc) is 3.27. The molecule has 1 aliphatic heterocycles. The van der Waals surface area contributed by atoms with Gasteiger partial charge in [0.15, 0.2) is 0 Å². The molecule has 0 aliphatic carbocycles. The lowest BCUT2D eigenvalue weighted by atomic mass is 10.1. The zero-order valence-electron chi connectivity index (χ0n) is 14.6. The minimum atomic E-state index is -0.318. The van der Waals surface area contributed by atoms with E-state index in [1.807, 2.05) is 35.2 Å². The zero-order chi connectivity index (χ0) is 17.9. The van der Waals surface area contributed by atoms with Gasteiger partial charge in [-0.1, -0.05) is 48.0 Å². The summed E-state index contributed by atoms with van der Waals surface area (Å²) >= 11 is 0. The van der Waals surface area contributed by atoms with Crippen molar-refractivity contribution in [2.45, 2.75) is 25.9 Å². The van der Waals surface area contributed by atoms with Crippen LogP contribution in [0.1, 0.15) is 17.5 Å². The van der Waals surface area contributed by atoms with E-state index in [0.29, 0.717) is 24.9 Å². The number of rotatable bonds is 5. The fourth-order valence-electron chi connectivity index (χ4n) is 3.08. The SMILES string of the molecule is Cc1ccc(CN2CCC(Nc3noc(-c4ccccc4)n3)C2=O)cc1. The number of nitrogens with one attached hydrogen (secondary N) is 1. The zero-order valence-corrected chi connectivity index (χ0v) is 14.6. The molecule has 132 valence electrons. The van der Waals surface area contributed by atoms with Crippen LogP contribution in [-0.4, -0.2) is 33.5 Å². The van der Waals surface area contributed by atoms with Gasteiger partial charge in [0, 0.05) is 18.7 Å². The molecule has 6 heteroatoms. The molecule has 1 atom stereocenters. The Labute approximate surface area is 151 Å². The topological polar surface area (TPSA) is 71.3 Å². The molecule has 1 saturated heterocycles. The number of aromatic nitrogens is 2. The fourth-order valence-corrected chi connectivity index (χ4v) is 3.08. The highest BCUT2D eigenvalue weighted by atomic mass is 16.5. The molecule has 1 unspecified atom stereocenters. The molecule has 3 aromatic rings. The van der Waals surface area contributed by atoms with E-state index in [2.05, 4.69) is 46.6 Å². The van der Waals surface area contributed by atoms with E-state index in [1.54, 1.807) is 0 Å². The van der Waals surface area contributed by atoms with Gasteiger partial charge in [0.2, 0.25) is 5.91 Å². The van der Waals surface area contributed by atoms with Crippen molar-refractivity contribution < 1.29 is 9.32 Å². The number of likely N-dealkylation sites (tertiary alicyclic amines) is 1. The molecular weight excluding hydrogens is 328 g/mol. The Bertz CT molecular complexity index is 890. The predicted octanol–water partition coefficient (Wildman–Crippen LogP) is 3.26. The standard InChI is InChI=1S/C20H20N4O2/c1-14-7-9-15(10-8-14)13-24-12-11-17(19(24)25)21-20-22-18(26-23-20)16-5-3-2-4-6-16/h2-10,17H,11-13H2,1H3,(H,21,23). The molecule has 0 radical (unpaired) electrons. The number of anilines is 1. The van der Waals surface area contributed by atoms with Crippen LogP contribution in [0.15, 0.2) is 59.1 Å². The lowest BCUT2D eigenvalue weighted by molar-refractivity contribution is -0.128. The molecule has 0 bridgehead atoms. The Hall–Kier alpha value is -3.15. The van der Waals surface area contributed by atoms with E-state index < -0.39 is 0 Å². The number of nitrogens with zero attached hydrogens (tertiary/aromatic N) is 3. The van der Waals surface area contributed by atoms with E-state index in [1.165, 1.54) is 5.56 Å². The van der Waals surface area contributed by atoms with Crippen molar-refractivity contribution in [3.8, 4) is 11.5 Å². The fraction of sp³-hybridized carbons (Fsp3) is 0.250. The Morgan fingerprint density at radius 1 is 1.15 bits per heavy atom. The molecule has 1 aromatic heterocycles. The van der Waals surface area contributed by atoms with Crippen molar-refractivity contribution in [3.05, 3.63) is 65.7 Å². The molecule has 1 fully saturated rings. The maximum Gasteiger partial charge on any atom is 0.264 e. The minimum Gasteiger partial charge on any atom is -0.340 e. The van der Waals surface area contributed by atoms with Gasteiger partial charge in [0.05, 0.1) is 0 Å². The van der Waals surface area contributed by atoms with Gasteiger partial charge in [-0.15, -0.1) is 0 Å². The molecule has 1 amide bonds. The third kappa shape index (κ3) is 3.44. The van der Waals surface area contributed by atoms with Crippen molar-refractivity contribution in [2.75, 3.05) is 11.9 Å². The van der Waals surface area contributed by atoms with Gasteiger partial charge in [0.25, 0.3) is 11.8 Å². The summed E-state index contributed by atoms with van der Waals surface area (Å²) in [4.78, 5) is 18.8. The monoisotopic (exact) mass is 348 g/mol. The van der Waals surface area contributed by atoms with E-state index >= 15 is 0 Å². The van der Waals surface area contributed by atoms with Crippen molar-refractivity contribution >= 4 is 11.9 Å². The first-order valence-electron chi connectivity index (χ1n) is 8.69. The summed E-state index contributed by atoms with van der Waals surface area (Å²) in [6.07, 6.45) is 0.722. The van der Waals surface area contributed by atoms with E-state index in [9.17, 15) is 4.79 Å². The minimum absolute atomic E-state index is 0.0663. The lowest BCUT2D eigenvalue weighted by Gasteiger charge is -2.17. The maximum absolute atomic E-state index is 12.6. The normalized spacial score (nSPS) is 16.9. The highest BCUT2D eigenvalue weighted by Gasteiger charge is 2.32. The van der Waals surface area contributed by atoms with Crippen molar-refractivity contribution in [1.29, 1.82) is 0 Å². The van der Waals surface area contributed by atoms with Crippen molar-refractivity contribution in [2.24, 2.45) is 0 Å². The smallest absolute Gasteiger partial charge is 0.264 e. The van der Waals surface area contributed by atoms with Crippen LogP contribution in [-0.2, 0) is 11.3 Å². The van der Waals surface area contributed by atoms with Crippen LogP contribution in [0.25, 0.3) is 11.5 Å². The first-order valence-corrected chi connectivity index (χ1v) is 8.69. The predicted molar refractivity (Wildman–Crippen MR) is 98.4 cm³/mol. The molecule has 6 nitrogen and oxygen atoms in total. The van der Waals surface area contributed by atoms with Crippen LogP contribution in [0, 0.1) is 6.92 Å². The summed E-state index contributed by atoms with van der Waals surface area (Å²) in [6, 6.07) is 17.5. The molecule has 0 spiro atoms. The summed E-state index contributed by atoms with van der Waals surface area (Å²) in [5.41, 5.74) is 3.20. The number of aryl methyl sites for hydroxylation is 1. The largest absolute Gasteiger partial charge is 0.340 e. The Morgan fingerprint density at radius 3 is 2.69 bits per heavy atom. The first-order chi connectivity index (χ1) is 12.7. The van der Waals surface area contributed by atoms with E-state index in [-0.39, 0.29) is 11.9 Å². The summed E-state index contributed by atoms with van der Waals surface area (Å²) in [5.74, 6) is 0.853. The van der Waals surface area contributed by atoms with E-state index in [0.717, 1.165) is 17.5 Å². The van der Waals surface area contributed by atoms with Crippen LogP contribution in [0.5, 0.6) is 0 Å². The molecule has 4 rings (SSSR count). The van der Waals surface area contributed by atoms with Gasteiger partial charge in [-0.25, -0.2) is 0 Å². The summed E-state index contributed by atoms with van der Waals surface area (Å²) in [5, 5.41) is 7.04. The third-order valence-corrected chi connectivity index (χ3v) is 4.54. The van der Waals surface area contributed by atoms with E-state index in [4.69, 9.17) is 4.52 Å². The van der Waals surface area contributed by atoms with Gasteiger partial charge >= 0.3 is 0 Å². The second kappa shape index (κ2) is 7.00. The van der Waals surface area contributed by atoms with Crippen molar-refractivity contribution in [3.63, 3.8) is 0 Å². The molecule has 2 heterocycles. The maximum atomic E-state index is 12.6. The Kier molecular flexibility index (Phi) is 4.39. The number of benzene rings is 2. The third-order valence-electron chi connectivity index (χ3n) is 4.54. The van der Waals surface area contributed by atoms with Crippen LogP contribution in [0.4, 0.5) is 5.95 Å².